The van der Waals surface area contributed by atoms with E-state index >= 15 is 0 Å². The van der Waals surface area contributed by atoms with E-state index in [1.165, 1.54) is 15.8 Å². The Morgan fingerprint density at radius 3 is 2.48 bits per heavy atom. The topological polar surface area (TPSA) is 87.9 Å². The number of carbonyl (C=O) groups is 1. The van der Waals surface area contributed by atoms with Crippen molar-refractivity contribution in [2.75, 3.05) is 24.8 Å². The standard InChI is InChI=1S/C18H15F2N3O4.C5H5N/c19-12-7-11-9-22-10-21(4-1-2-6-27-15(11)8-13(12)20)18(26)16-17(25)14(24)3-5-23(16)22;1-2-4-6-5-3-1/h1-3,5,7-8,25H,4,6,9-10H2;1-5H/b2-1-;. The average molecular weight is 454 g/mol. The number of amides is 1. The number of rotatable bonds is 0. The summed E-state index contributed by atoms with van der Waals surface area (Å²) in [6, 6.07) is 8.87. The van der Waals surface area contributed by atoms with Gasteiger partial charge >= 0.3 is 0 Å². The zero-order valence-corrected chi connectivity index (χ0v) is 17.4. The van der Waals surface area contributed by atoms with Gasteiger partial charge in [0.25, 0.3) is 5.91 Å². The highest BCUT2D eigenvalue weighted by atomic mass is 19.2. The predicted molar refractivity (Wildman–Crippen MR) is 115 cm³/mol. The van der Waals surface area contributed by atoms with Gasteiger partial charge in [0.05, 0.1) is 6.54 Å². The highest BCUT2D eigenvalue weighted by Crippen LogP contribution is 2.27. The zero-order valence-electron chi connectivity index (χ0n) is 17.4. The van der Waals surface area contributed by atoms with Crippen molar-refractivity contribution in [3.8, 4) is 11.5 Å². The molecule has 0 aliphatic carbocycles. The molecule has 0 spiro atoms. The molecule has 0 radical (unpaired) electrons. The van der Waals surface area contributed by atoms with E-state index in [2.05, 4.69) is 4.98 Å². The summed E-state index contributed by atoms with van der Waals surface area (Å²) in [6.45, 7) is 0.527. The third kappa shape index (κ3) is 4.69. The summed E-state index contributed by atoms with van der Waals surface area (Å²) in [6.07, 6.45) is 8.21. The summed E-state index contributed by atoms with van der Waals surface area (Å²) in [4.78, 5) is 29.7. The van der Waals surface area contributed by atoms with Gasteiger partial charge in [-0.05, 0) is 24.3 Å². The van der Waals surface area contributed by atoms with Crippen molar-refractivity contribution >= 4 is 5.91 Å². The molecule has 2 aliphatic heterocycles. The molecule has 5 rings (SSSR count). The lowest BCUT2D eigenvalue weighted by Gasteiger charge is -2.39. The Hall–Kier alpha value is -4.21. The Morgan fingerprint density at radius 1 is 1.03 bits per heavy atom. The maximum absolute atomic E-state index is 13.8. The van der Waals surface area contributed by atoms with Crippen LogP contribution in [0.3, 0.4) is 0 Å². The third-order valence-electron chi connectivity index (χ3n) is 5.03. The minimum Gasteiger partial charge on any atom is -0.502 e. The van der Waals surface area contributed by atoms with Gasteiger partial charge in [0.1, 0.15) is 19.0 Å². The van der Waals surface area contributed by atoms with Gasteiger partial charge in [-0.15, -0.1) is 0 Å². The molecule has 3 aromatic rings. The van der Waals surface area contributed by atoms with E-state index < -0.39 is 28.7 Å². The summed E-state index contributed by atoms with van der Waals surface area (Å²) in [5.74, 6) is -3.02. The van der Waals surface area contributed by atoms with Crippen LogP contribution in [-0.4, -0.2) is 45.4 Å². The number of fused-ring (bicyclic) bond motifs is 5. The molecule has 0 unspecified atom stereocenters. The van der Waals surface area contributed by atoms with Crippen molar-refractivity contribution < 1.29 is 23.4 Å². The van der Waals surface area contributed by atoms with Gasteiger partial charge in [0.2, 0.25) is 5.43 Å². The van der Waals surface area contributed by atoms with Crippen LogP contribution >= 0.6 is 0 Å². The largest absolute Gasteiger partial charge is 0.502 e. The monoisotopic (exact) mass is 454 g/mol. The van der Waals surface area contributed by atoms with E-state index in [0.29, 0.717) is 5.56 Å². The quantitative estimate of drug-likeness (QED) is 0.525. The second-order valence-corrected chi connectivity index (χ2v) is 7.24. The molecule has 0 fully saturated rings. The number of nitrogens with zero attached hydrogens (tertiary/aromatic N) is 4. The smallest absolute Gasteiger partial charge is 0.278 e. The Bertz CT molecular complexity index is 1220. The molecular weight excluding hydrogens is 434 g/mol. The molecule has 10 heteroatoms. The summed E-state index contributed by atoms with van der Waals surface area (Å²) in [5.41, 5.74) is -0.484. The second kappa shape index (κ2) is 9.51. The van der Waals surface area contributed by atoms with Gasteiger partial charge in [-0.2, -0.15) is 0 Å². The lowest BCUT2D eigenvalue weighted by molar-refractivity contribution is 0.0706. The first kappa shape index (κ1) is 22.0. The van der Waals surface area contributed by atoms with Crippen LogP contribution in [0.1, 0.15) is 16.1 Å². The SMILES string of the molecule is O=C1c2c(O)c(=O)ccn2N2Cc3cc(F)c(F)cc3OC/C=C\CN1C2.c1ccncc1. The Balaban J connectivity index is 0.000000376. The minimum atomic E-state index is -1.02. The van der Waals surface area contributed by atoms with Crippen molar-refractivity contribution in [3.63, 3.8) is 0 Å². The number of hydrogen-bond acceptors (Lipinski definition) is 6. The molecule has 1 amide bonds. The van der Waals surface area contributed by atoms with E-state index in [1.807, 2.05) is 18.2 Å². The third-order valence-corrected chi connectivity index (χ3v) is 5.03. The van der Waals surface area contributed by atoms with Crippen LogP contribution < -0.4 is 15.2 Å². The normalized spacial score (nSPS) is 15.8. The van der Waals surface area contributed by atoms with Gasteiger partial charge < -0.3 is 14.7 Å². The van der Waals surface area contributed by atoms with Crippen LogP contribution in [0.15, 0.2) is 71.9 Å². The van der Waals surface area contributed by atoms with Crippen LogP contribution in [0, 0.1) is 11.6 Å². The first-order chi connectivity index (χ1) is 16.0. The number of hydrogen-bond donors (Lipinski definition) is 1. The molecule has 0 saturated heterocycles. The van der Waals surface area contributed by atoms with Crippen LogP contribution in [0.4, 0.5) is 8.78 Å². The van der Waals surface area contributed by atoms with Crippen molar-refractivity contribution in [1.29, 1.82) is 0 Å². The predicted octanol–water partition coefficient (Wildman–Crippen LogP) is 2.41. The lowest BCUT2D eigenvalue weighted by Crippen LogP contribution is -2.53. The average Bonchev–Trinajstić information content (AvgIpc) is 2.85. The number of carbonyl (C=O) groups excluding carboxylic acids is 1. The van der Waals surface area contributed by atoms with Gasteiger partial charge in [-0.1, -0.05) is 12.1 Å². The summed E-state index contributed by atoms with van der Waals surface area (Å²) in [7, 11) is 0. The molecular formula is C23H20F2N4O4. The van der Waals surface area contributed by atoms with Crippen molar-refractivity contribution in [2.45, 2.75) is 6.54 Å². The number of aromatic nitrogens is 2. The Kier molecular flexibility index (Phi) is 6.34. The van der Waals surface area contributed by atoms with E-state index in [0.717, 1.165) is 18.2 Å². The van der Waals surface area contributed by atoms with Gasteiger partial charge in [-0.3, -0.25) is 24.3 Å². The number of benzene rings is 1. The van der Waals surface area contributed by atoms with E-state index in [4.69, 9.17) is 4.74 Å². The molecule has 1 aromatic carbocycles. The maximum Gasteiger partial charge on any atom is 0.278 e. The van der Waals surface area contributed by atoms with Crippen molar-refractivity contribution in [2.24, 2.45) is 0 Å². The minimum absolute atomic E-state index is 0.0611. The molecule has 1 N–H and O–H groups in total. The van der Waals surface area contributed by atoms with Gasteiger partial charge in [0.15, 0.2) is 23.1 Å². The Labute approximate surface area is 187 Å². The molecule has 2 aromatic heterocycles. The van der Waals surface area contributed by atoms with Crippen molar-refractivity contribution in [3.05, 3.63) is 100 Å². The molecule has 33 heavy (non-hydrogen) atoms. The lowest BCUT2D eigenvalue weighted by atomic mass is 10.1. The highest BCUT2D eigenvalue weighted by molar-refractivity contribution is 5.96. The van der Waals surface area contributed by atoms with Crippen LogP contribution in [0.25, 0.3) is 0 Å². The zero-order chi connectivity index (χ0) is 23.4. The van der Waals surface area contributed by atoms with Gasteiger partial charge in [0, 0.05) is 42.8 Å². The molecule has 170 valence electrons. The van der Waals surface area contributed by atoms with Crippen LogP contribution in [-0.2, 0) is 6.54 Å². The van der Waals surface area contributed by atoms with Crippen LogP contribution in [0.5, 0.6) is 11.5 Å². The fourth-order valence-corrected chi connectivity index (χ4v) is 3.44. The molecule has 2 aliphatic rings. The number of aromatic hydroxyl groups is 1. The summed E-state index contributed by atoms with van der Waals surface area (Å²) in [5, 5.41) is 11.7. The maximum atomic E-state index is 13.8. The number of ether oxygens (including phenoxy) is 1. The van der Waals surface area contributed by atoms with Crippen molar-refractivity contribution in [1.82, 2.24) is 14.6 Å². The van der Waals surface area contributed by atoms with E-state index in [-0.39, 0.29) is 37.8 Å². The molecule has 0 saturated carbocycles. The first-order valence-corrected chi connectivity index (χ1v) is 10.1. The summed E-state index contributed by atoms with van der Waals surface area (Å²) >= 11 is 0. The first-order valence-electron chi connectivity index (χ1n) is 10.1. The molecule has 2 bridgehead atoms. The van der Waals surface area contributed by atoms with Crippen LogP contribution in [0.2, 0.25) is 0 Å². The van der Waals surface area contributed by atoms with E-state index in [9.17, 15) is 23.5 Å². The highest BCUT2D eigenvalue weighted by Gasteiger charge is 2.32. The summed E-state index contributed by atoms with van der Waals surface area (Å²) < 4.78 is 34.3. The molecule has 8 nitrogen and oxygen atoms in total. The Morgan fingerprint density at radius 2 is 1.79 bits per heavy atom. The molecule has 4 heterocycles. The fraction of sp³-hybridized carbons (Fsp3) is 0.174. The van der Waals surface area contributed by atoms with E-state index in [1.54, 1.807) is 29.6 Å². The number of halogens is 2. The fourth-order valence-electron chi connectivity index (χ4n) is 3.44. The second-order valence-electron chi connectivity index (χ2n) is 7.24. The molecule has 0 atom stereocenters. The van der Waals surface area contributed by atoms with Gasteiger partial charge in [-0.25, -0.2) is 8.78 Å². The number of pyridine rings is 2.